The molecule has 0 saturated carbocycles. The fraction of sp³-hybridized carbons (Fsp3) is 0.737. The summed E-state index contributed by atoms with van der Waals surface area (Å²) >= 11 is 0. The monoisotopic (exact) mass is 346 g/mol. The maximum absolute atomic E-state index is 13.0. The van der Waals surface area contributed by atoms with Crippen molar-refractivity contribution < 1.29 is 9.53 Å². The molecule has 0 bridgehead atoms. The van der Waals surface area contributed by atoms with Gasteiger partial charge in [0.25, 0.3) is 0 Å². The van der Waals surface area contributed by atoms with Crippen LogP contribution in [0.15, 0.2) is 18.7 Å². The average molecular weight is 346 g/mol. The highest BCUT2D eigenvalue weighted by molar-refractivity contribution is 5.76. The second-order valence-electron chi connectivity index (χ2n) is 7.13. The molecule has 1 N–H and O–H groups in total. The fourth-order valence-corrected chi connectivity index (χ4v) is 3.80. The Labute approximate surface area is 150 Å². The molecule has 2 aliphatic rings. The molecule has 0 spiro atoms. The van der Waals surface area contributed by atoms with E-state index in [9.17, 15) is 4.79 Å². The largest absolute Gasteiger partial charge is 0.378 e. The topological polar surface area (TPSA) is 67.3 Å². The summed E-state index contributed by atoms with van der Waals surface area (Å²) in [5, 5.41) is 3.44. The van der Waals surface area contributed by atoms with E-state index in [1.165, 1.54) is 12.7 Å². The second kappa shape index (κ2) is 9.82. The van der Waals surface area contributed by atoms with Crippen LogP contribution in [-0.4, -0.2) is 52.6 Å². The van der Waals surface area contributed by atoms with Crippen LogP contribution in [0.3, 0.4) is 0 Å². The van der Waals surface area contributed by atoms with Crippen LogP contribution in [0.2, 0.25) is 0 Å². The van der Waals surface area contributed by atoms with E-state index < -0.39 is 0 Å². The lowest BCUT2D eigenvalue weighted by Gasteiger charge is -2.32. The van der Waals surface area contributed by atoms with E-state index in [0.29, 0.717) is 19.0 Å². The number of nitrogens with zero attached hydrogens (tertiary/aromatic N) is 3. The van der Waals surface area contributed by atoms with Gasteiger partial charge in [0, 0.05) is 43.6 Å². The minimum Gasteiger partial charge on any atom is -0.378 e. The summed E-state index contributed by atoms with van der Waals surface area (Å²) in [6.45, 7) is 3.47. The lowest BCUT2D eigenvalue weighted by Crippen LogP contribution is -2.40. The number of carbonyl (C=O) groups excluding carboxylic acids is 1. The van der Waals surface area contributed by atoms with E-state index in [4.69, 9.17) is 4.74 Å². The van der Waals surface area contributed by atoms with Crippen molar-refractivity contribution in [3.05, 3.63) is 24.3 Å². The number of nitrogens with one attached hydrogen (secondary N) is 1. The van der Waals surface area contributed by atoms with Crippen molar-refractivity contribution in [1.29, 1.82) is 0 Å². The van der Waals surface area contributed by atoms with Crippen molar-refractivity contribution >= 4 is 5.91 Å². The first-order chi connectivity index (χ1) is 12.3. The van der Waals surface area contributed by atoms with Crippen molar-refractivity contribution in [2.24, 2.45) is 0 Å². The number of rotatable bonds is 6. The van der Waals surface area contributed by atoms with E-state index in [0.717, 1.165) is 63.8 Å². The van der Waals surface area contributed by atoms with Crippen molar-refractivity contribution in [3.63, 3.8) is 0 Å². The molecule has 2 aliphatic heterocycles. The zero-order chi connectivity index (χ0) is 17.3. The predicted octanol–water partition coefficient (Wildman–Crippen LogP) is 2.30. The summed E-state index contributed by atoms with van der Waals surface area (Å²) < 4.78 is 5.79. The molecule has 6 nitrogen and oxygen atoms in total. The van der Waals surface area contributed by atoms with Gasteiger partial charge < -0.3 is 15.0 Å². The predicted molar refractivity (Wildman–Crippen MR) is 95.9 cm³/mol. The Bertz CT molecular complexity index is 511. The third-order valence-electron chi connectivity index (χ3n) is 5.23. The van der Waals surface area contributed by atoms with Gasteiger partial charge in [-0.05, 0) is 58.0 Å². The van der Waals surface area contributed by atoms with E-state index in [1.54, 1.807) is 0 Å². The summed E-state index contributed by atoms with van der Waals surface area (Å²) in [6, 6.07) is 0.301. The Morgan fingerprint density at radius 1 is 1.16 bits per heavy atom. The number of hydrogen-bond acceptors (Lipinski definition) is 5. The van der Waals surface area contributed by atoms with Crippen molar-refractivity contribution in [2.45, 2.75) is 70.1 Å². The lowest BCUT2D eigenvalue weighted by atomic mass is 10.0. The number of aromatic nitrogens is 2. The van der Waals surface area contributed by atoms with E-state index in [-0.39, 0.29) is 12.0 Å². The summed E-state index contributed by atoms with van der Waals surface area (Å²) in [5.74, 6) is 0.241. The molecule has 0 unspecified atom stereocenters. The molecule has 2 fully saturated rings. The van der Waals surface area contributed by atoms with Gasteiger partial charge in [0.15, 0.2) is 0 Å². The van der Waals surface area contributed by atoms with Crippen molar-refractivity contribution in [3.8, 4) is 0 Å². The minimum atomic E-state index is 0.241. The van der Waals surface area contributed by atoms with Crippen LogP contribution in [0.4, 0.5) is 0 Å². The first-order valence-corrected chi connectivity index (χ1v) is 9.68. The second-order valence-corrected chi connectivity index (χ2v) is 7.13. The molecule has 0 aromatic carbocycles. The molecule has 1 aromatic heterocycles. The zero-order valence-corrected chi connectivity index (χ0v) is 15.0. The quantitative estimate of drug-likeness (QED) is 0.856. The van der Waals surface area contributed by atoms with Crippen LogP contribution in [0.1, 0.15) is 56.9 Å². The van der Waals surface area contributed by atoms with E-state index in [1.807, 2.05) is 12.4 Å². The molecule has 1 amide bonds. The number of carbonyl (C=O) groups is 1. The van der Waals surface area contributed by atoms with Gasteiger partial charge in [-0.2, -0.15) is 0 Å². The van der Waals surface area contributed by atoms with E-state index >= 15 is 0 Å². The third-order valence-corrected chi connectivity index (χ3v) is 5.23. The fourth-order valence-electron chi connectivity index (χ4n) is 3.80. The number of ether oxygens (including phenoxy) is 1. The summed E-state index contributed by atoms with van der Waals surface area (Å²) in [4.78, 5) is 23.3. The van der Waals surface area contributed by atoms with Gasteiger partial charge >= 0.3 is 0 Å². The molecule has 2 atom stereocenters. The molecular weight excluding hydrogens is 316 g/mol. The molecule has 2 saturated heterocycles. The zero-order valence-electron chi connectivity index (χ0n) is 15.0. The smallest absolute Gasteiger partial charge is 0.223 e. The van der Waals surface area contributed by atoms with Gasteiger partial charge in [-0.25, -0.2) is 9.97 Å². The number of hydrogen-bond donors (Lipinski definition) is 1. The molecule has 3 heterocycles. The van der Waals surface area contributed by atoms with Crippen LogP contribution >= 0.6 is 0 Å². The molecule has 25 heavy (non-hydrogen) atoms. The van der Waals surface area contributed by atoms with Crippen LogP contribution in [-0.2, 0) is 16.1 Å². The van der Waals surface area contributed by atoms with Crippen LogP contribution in [0.25, 0.3) is 0 Å². The first kappa shape index (κ1) is 18.3. The van der Waals surface area contributed by atoms with Gasteiger partial charge in [-0.1, -0.05) is 0 Å². The Morgan fingerprint density at radius 2 is 2.04 bits per heavy atom. The highest BCUT2D eigenvalue weighted by Crippen LogP contribution is 2.21. The number of amides is 1. The van der Waals surface area contributed by atoms with Crippen LogP contribution in [0, 0.1) is 0 Å². The highest BCUT2D eigenvalue weighted by atomic mass is 16.5. The van der Waals surface area contributed by atoms with Gasteiger partial charge in [0.1, 0.15) is 6.33 Å². The maximum Gasteiger partial charge on any atom is 0.223 e. The Morgan fingerprint density at radius 3 is 2.84 bits per heavy atom. The summed E-state index contributed by atoms with van der Waals surface area (Å²) in [7, 11) is 0. The summed E-state index contributed by atoms with van der Waals surface area (Å²) in [5.41, 5.74) is 1.00. The van der Waals surface area contributed by atoms with Crippen molar-refractivity contribution in [2.75, 3.05) is 19.7 Å². The molecule has 3 rings (SSSR count). The van der Waals surface area contributed by atoms with Gasteiger partial charge in [0.2, 0.25) is 5.91 Å². The normalized spacial score (nSPS) is 24.5. The molecule has 138 valence electrons. The molecule has 0 radical (unpaired) electrons. The summed E-state index contributed by atoms with van der Waals surface area (Å²) in [6.07, 6.45) is 13.5. The lowest BCUT2D eigenvalue weighted by molar-refractivity contribution is -0.135. The molecular formula is C19H30N4O2. The van der Waals surface area contributed by atoms with Crippen LogP contribution < -0.4 is 5.32 Å². The van der Waals surface area contributed by atoms with Crippen LogP contribution in [0.5, 0.6) is 0 Å². The molecule has 1 aromatic rings. The molecule has 0 aliphatic carbocycles. The minimum absolute atomic E-state index is 0.241. The third kappa shape index (κ3) is 5.75. The Balaban J connectivity index is 1.62. The average Bonchev–Trinajstić information content (AvgIpc) is 2.95. The van der Waals surface area contributed by atoms with Gasteiger partial charge in [0.05, 0.1) is 6.10 Å². The van der Waals surface area contributed by atoms with Gasteiger partial charge in [-0.15, -0.1) is 0 Å². The Hall–Kier alpha value is -1.53. The standard InChI is InChI=1S/C19H30N4O2/c24-19(7-6-18-5-1-2-11-25-18)23(14-16-12-21-15-22-13-16)17-4-3-9-20-10-8-17/h12-13,15,17-18,20H,1-11,14H2/t17-,18-/m1/s1. The van der Waals surface area contributed by atoms with Crippen molar-refractivity contribution in [1.82, 2.24) is 20.2 Å². The maximum atomic E-state index is 13.0. The highest BCUT2D eigenvalue weighted by Gasteiger charge is 2.26. The SMILES string of the molecule is O=C(CC[C@H]1CCCCO1)N(Cc1cncnc1)[C@@H]1CCCNCC1. The van der Waals surface area contributed by atoms with E-state index in [2.05, 4.69) is 20.2 Å². The first-order valence-electron chi connectivity index (χ1n) is 9.68. The molecule has 6 heteroatoms. The Kier molecular flexibility index (Phi) is 7.18. The van der Waals surface area contributed by atoms with Gasteiger partial charge in [-0.3, -0.25) is 4.79 Å².